The molecule has 0 N–H and O–H groups in total. The Morgan fingerprint density at radius 1 is 1.33 bits per heavy atom. The van der Waals surface area contributed by atoms with Gasteiger partial charge < -0.3 is 9.05 Å². The van der Waals surface area contributed by atoms with Gasteiger partial charge in [-0.05, 0) is 25.3 Å². The monoisotopic (exact) mass is 204 g/mol. The Hall–Kier alpha value is 0.0500. The average Bonchev–Trinajstić information content (AvgIpc) is 2.56. The fraction of sp³-hybridized carbons (Fsp3) is 0.500. The highest BCUT2D eigenvalue weighted by Crippen LogP contribution is 2.37. The molecule has 0 atom stereocenters. The fourth-order valence-electron chi connectivity index (χ4n) is 0.782. The highest BCUT2D eigenvalue weighted by Gasteiger charge is 2.11. The molecule has 0 fully saturated rings. The molecular weight excluding hydrogens is 191 g/mol. The molecule has 0 radical (unpaired) electrons. The maximum atomic E-state index is 5.48. The molecule has 0 aliphatic heterocycles. The molecule has 1 heterocycles. The minimum absolute atomic E-state index is 0.710. The minimum atomic E-state index is -0.809. The normalized spacial score (nSPS) is 10.9. The maximum absolute atomic E-state index is 5.48. The van der Waals surface area contributed by atoms with Crippen molar-refractivity contribution in [3.05, 3.63) is 16.8 Å². The van der Waals surface area contributed by atoms with Crippen LogP contribution in [0.25, 0.3) is 0 Å². The lowest BCUT2D eigenvalue weighted by molar-refractivity contribution is 0.277. The first-order chi connectivity index (χ1) is 5.88. The van der Waals surface area contributed by atoms with Crippen LogP contribution in [-0.2, 0) is 9.05 Å². The molecule has 0 bridgehead atoms. The third kappa shape index (κ3) is 2.83. The number of rotatable bonds is 5. The Kier molecular flexibility index (Phi) is 4.77. The van der Waals surface area contributed by atoms with Crippen molar-refractivity contribution < 1.29 is 9.05 Å². The molecule has 1 aromatic rings. The lowest BCUT2D eigenvalue weighted by Crippen LogP contribution is -2.02. The van der Waals surface area contributed by atoms with Gasteiger partial charge in [-0.2, -0.15) is 11.3 Å². The van der Waals surface area contributed by atoms with E-state index < -0.39 is 8.38 Å². The summed E-state index contributed by atoms with van der Waals surface area (Å²) in [5, 5.41) is 5.30. The summed E-state index contributed by atoms with van der Waals surface area (Å²) in [6.07, 6.45) is 0. The predicted octanol–water partition coefficient (Wildman–Crippen LogP) is 2.76. The van der Waals surface area contributed by atoms with Crippen LogP contribution < -0.4 is 5.30 Å². The molecule has 0 saturated heterocycles. The van der Waals surface area contributed by atoms with Gasteiger partial charge in [0.2, 0.25) is 8.38 Å². The van der Waals surface area contributed by atoms with Crippen LogP contribution in [0, 0.1) is 0 Å². The smallest absolute Gasteiger partial charge is 0.205 e. The summed E-state index contributed by atoms with van der Waals surface area (Å²) in [6.45, 7) is 5.39. The Labute approximate surface area is 78.4 Å². The van der Waals surface area contributed by atoms with Crippen molar-refractivity contribution in [2.24, 2.45) is 0 Å². The molecular formula is C8H13O2PS. The van der Waals surface area contributed by atoms with Crippen LogP contribution in [0.5, 0.6) is 0 Å². The van der Waals surface area contributed by atoms with E-state index in [1.165, 1.54) is 5.30 Å². The second kappa shape index (κ2) is 5.65. The van der Waals surface area contributed by atoms with Gasteiger partial charge in [0, 0.05) is 10.7 Å². The Bertz CT molecular complexity index is 195. The summed E-state index contributed by atoms with van der Waals surface area (Å²) in [7, 11) is -0.809. The zero-order valence-corrected chi connectivity index (χ0v) is 9.03. The summed E-state index contributed by atoms with van der Waals surface area (Å²) in [6, 6.07) is 2.06. The summed E-state index contributed by atoms with van der Waals surface area (Å²) >= 11 is 1.68. The van der Waals surface area contributed by atoms with Gasteiger partial charge in [0.1, 0.15) is 0 Å². The zero-order valence-electron chi connectivity index (χ0n) is 7.32. The molecule has 0 unspecified atom stereocenters. The van der Waals surface area contributed by atoms with E-state index in [1.807, 2.05) is 19.2 Å². The first kappa shape index (κ1) is 10.1. The van der Waals surface area contributed by atoms with E-state index >= 15 is 0 Å². The minimum Gasteiger partial charge on any atom is -0.331 e. The van der Waals surface area contributed by atoms with Gasteiger partial charge in [-0.15, -0.1) is 0 Å². The topological polar surface area (TPSA) is 18.5 Å². The van der Waals surface area contributed by atoms with Gasteiger partial charge in [-0.25, -0.2) is 0 Å². The van der Waals surface area contributed by atoms with Crippen LogP contribution in [0.4, 0.5) is 0 Å². The van der Waals surface area contributed by atoms with Gasteiger partial charge >= 0.3 is 0 Å². The molecule has 0 spiro atoms. The van der Waals surface area contributed by atoms with E-state index in [-0.39, 0.29) is 0 Å². The van der Waals surface area contributed by atoms with E-state index in [2.05, 4.69) is 11.4 Å². The van der Waals surface area contributed by atoms with E-state index in [1.54, 1.807) is 11.3 Å². The van der Waals surface area contributed by atoms with E-state index in [0.29, 0.717) is 13.2 Å². The maximum Gasteiger partial charge on any atom is 0.205 e. The van der Waals surface area contributed by atoms with Gasteiger partial charge in [0.15, 0.2) is 0 Å². The Balaban J connectivity index is 2.53. The van der Waals surface area contributed by atoms with Crippen molar-refractivity contribution in [2.45, 2.75) is 13.8 Å². The fourth-order valence-corrected chi connectivity index (χ4v) is 2.97. The van der Waals surface area contributed by atoms with Crippen molar-refractivity contribution >= 4 is 25.0 Å². The summed E-state index contributed by atoms with van der Waals surface area (Å²) in [4.78, 5) is 0. The molecule has 0 aromatic carbocycles. The van der Waals surface area contributed by atoms with Crippen LogP contribution in [0.15, 0.2) is 16.8 Å². The Morgan fingerprint density at radius 2 is 2.00 bits per heavy atom. The molecule has 0 aliphatic carbocycles. The third-order valence-corrected chi connectivity index (χ3v) is 3.75. The SMILES string of the molecule is CCOP(OCC)c1ccsc1. The number of thiophene rings is 1. The van der Waals surface area contributed by atoms with E-state index in [9.17, 15) is 0 Å². The molecule has 4 heteroatoms. The van der Waals surface area contributed by atoms with Crippen molar-refractivity contribution in [1.29, 1.82) is 0 Å². The predicted molar refractivity (Wildman–Crippen MR) is 54.1 cm³/mol. The third-order valence-electron chi connectivity index (χ3n) is 1.21. The van der Waals surface area contributed by atoms with Gasteiger partial charge in [-0.3, -0.25) is 0 Å². The summed E-state index contributed by atoms with van der Waals surface area (Å²) in [5.41, 5.74) is 0. The second-order valence-electron chi connectivity index (χ2n) is 2.07. The number of hydrogen-bond donors (Lipinski definition) is 0. The van der Waals surface area contributed by atoms with Gasteiger partial charge in [0.05, 0.1) is 13.2 Å². The van der Waals surface area contributed by atoms with Gasteiger partial charge in [-0.1, -0.05) is 0 Å². The van der Waals surface area contributed by atoms with E-state index in [4.69, 9.17) is 9.05 Å². The van der Waals surface area contributed by atoms with Crippen LogP contribution in [-0.4, -0.2) is 13.2 Å². The Morgan fingerprint density at radius 3 is 2.42 bits per heavy atom. The molecule has 1 aromatic heterocycles. The molecule has 0 saturated carbocycles. The average molecular weight is 204 g/mol. The first-order valence-electron chi connectivity index (χ1n) is 3.96. The van der Waals surface area contributed by atoms with Crippen LogP contribution in [0.1, 0.15) is 13.8 Å². The zero-order chi connectivity index (χ0) is 8.81. The highest BCUT2D eigenvalue weighted by atomic mass is 32.1. The van der Waals surface area contributed by atoms with Crippen LogP contribution in [0.3, 0.4) is 0 Å². The lowest BCUT2D eigenvalue weighted by Gasteiger charge is -2.13. The molecule has 12 heavy (non-hydrogen) atoms. The van der Waals surface area contributed by atoms with E-state index in [0.717, 1.165) is 0 Å². The molecule has 0 aliphatic rings. The molecule has 0 amide bonds. The van der Waals surface area contributed by atoms with Crippen molar-refractivity contribution in [3.8, 4) is 0 Å². The first-order valence-corrected chi connectivity index (χ1v) is 6.08. The molecule has 68 valence electrons. The highest BCUT2D eigenvalue weighted by molar-refractivity contribution is 7.56. The number of hydrogen-bond acceptors (Lipinski definition) is 3. The van der Waals surface area contributed by atoms with Crippen LogP contribution >= 0.6 is 19.7 Å². The van der Waals surface area contributed by atoms with Crippen molar-refractivity contribution in [3.63, 3.8) is 0 Å². The van der Waals surface area contributed by atoms with Gasteiger partial charge in [0.25, 0.3) is 0 Å². The molecule has 2 nitrogen and oxygen atoms in total. The van der Waals surface area contributed by atoms with Crippen molar-refractivity contribution in [1.82, 2.24) is 0 Å². The standard InChI is InChI=1S/C8H13O2PS/c1-3-9-11(10-4-2)8-5-6-12-7-8/h5-7H,3-4H2,1-2H3. The molecule has 1 rings (SSSR count). The van der Waals surface area contributed by atoms with Crippen molar-refractivity contribution in [2.75, 3.05) is 13.2 Å². The summed E-state index contributed by atoms with van der Waals surface area (Å²) in [5.74, 6) is 0. The quantitative estimate of drug-likeness (QED) is 0.686. The lowest BCUT2D eigenvalue weighted by atomic mass is 10.7. The summed E-state index contributed by atoms with van der Waals surface area (Å²) < 4.78 is 11.0. The largest absolute Gasteiger partial charge is 0.331 e. The second-order valence-corrected chi connectivity index (χ2v) is 4.40. The van der Waals surface area contributed by atoms with Crippen LogP contribution in [0.2, 0.25) is 0 Å².